The summed E-state index contributed by atoms with van der Waals surface area (Å²) in [5, 5.41) is 8.31. The maximum atomic E-state index is 12.7. The highest BCUT2D eigenvalue weighted by molar-refractivity contribution is 6.04. The third-order valence-corrected chi connectivity index (χ3v) is 6.26. The molecular weight excluding hydrogens is 484 g/mol. The van der Waals surface area contributed by atoms with Crippen molar-refractivity contribution in [3.05, 3.63) is 60.0 Å². The largest absolute Gasteiger partial charge is 0.444 e. The van der Waals surface area contributed by atoms with Crippen molar-refractivity contribution < 1.29 is 14.3 Å². The number of pyridine rings is 1. The van der Waals surface area contributed by atoms with E-state index in [1.807, 2.05) is 50.6 Å². The zero-order chi connectivity index (χ0) is 27.0. The molecule has 0 saturated carbocycles. The van der Waals surface area contributed by atoms with Gasteiger partial charge in [0.15, 0.2) is 5.65 Å². The van der Waals surface area contributed by atoms with Crippen LogP contribution in [-0.4, -0.2) is 60.3 Å². The minimum absolute atomic E-state index is 0.0973. The van der Waals surface area contributed by atoms with Crippen LogP contribution in [0, 0.1) is 6.92 Å². The first-order valence-corrected chi connectivity index (χ1v) is 12.4. The predicted molar refractivity (Wildman–Crippen MR) is 144 cm³/mol. The molecule has 1 saturated heterocycles. The quantitative estimate of drug-likeness (QED) is 0.412. The Morgan fingerprint density at radius 3 is 2.58 bits per heavy atom. The topological polar surface area (TPSA) is 141 Å². The maximum Gasteiger partial charge on any atom is 0.410 e. The average Bonchev–Trinajstić information content (AvgIpc) is 3.49. The first-order valence-electron chi connectivity index (χ1n) is 12.4. The fourth-order valence-corrected chi connectivity index (χ4v) is 4.46. The van der Waals surface area contributed by atoms with Gasteiger partial charge in [-0.2, -0.15) is 5.10 Å². The third kappa shape index (κ3) is 5.13. The normalized spacial score (nSPS) is 15.6. The molecule has 0 unspecified atom stereocenters. The fraction of sp³-hybridized carbons (Fsp3) is 0.333. The van der Waals surface area contributed by atoms with Crippen LogP contribution in [0.3, 0.4) is 0 Å². The van der Waals surface area contributed by atoms with Gasteiger partial charge in [0, 0.05) is 30.4 Å². The summed E-state index contributed by atoms with van der Waals surface area (Å²) in [4.78, 5) is 39.8. The van der Waals surface area contributed by atoms with Gasteiger partial charge in [-0.1, -0.05) is 12.1 Å². The van der Waals surface area contributed by atoms with E-state index in [0.29, 0.717) is 53.4 Å². The number of carbonyl (C=O) groups excluding carboxylic acids is 2. The number of rotatable bonds is 4. The van der Waals surface area contributed by atoms with Crippen molar-refractivity contribution in [1.29, 1.82) is 0 Å². The van der Waals surface area contributed by atoms with Gasteiger partial charge in [0.2, 0.25) is 0 Å². The van der Waals surface area contributed by atoms with Gasteiger partial charge in [0.05, 0.1) is 11.4 Å². The number of benzene rings is 1. The Hall–Kier alpha value is -4.54. The molecule has 11 nitrogen and oxygen atoms in total. The fourth-order valence-electron chi connectivity index (χ4n) is 4.46. The smallest absolute Gasteiger partial charge is 0.410 e. The lowest BCUT2D eigenvalue weighted by atomic mass is 10.1. The molecule has 5 rings (SSSR count). The molecule has 1 aromatic carbocycles. The Morgan fingerprint density at radius 2 is 1.87 bits per heavy atom. The molecule has 0 spiro atoms. The van der Waals surface area contributed by atoms with E-state index in [1.54, 1.807) is 29.3 Å². The predicted octanol–water partition coefficient (Wildman–Crippen LogP) is 4.21. The summed E-state index contributed by atoms with van der Waals surface area (Å²) in [6.07, 6.45) is 3.41. The number of aromatic nitrogens is 5. The Kier molecular flexibility index (Phi) is 6.43. The van der Waals surface area contributed by atoms with E-state index in [4.69, 9.17) is 15.6 Å². The Morgan fingerprint density at radius 1 is 1.11 bits per heavy atom. The van der Waals surface area contributed by atoms with Gasteiger partial charge in [-0.25, -0.2) is 24.4 Å². The number of ether oxygens (including phenoxy) is 1. The summed E-state index contributed by atoms with van der Waals surface area (Å²) in [5.41, 5.74) is 9.16. The second kappa shape index (κ2) is 9.73. The molecule has 3 aromatic heterocycles. The van der Waals surface area contributed by atoms with Crippen LogP contribution in [0.25, 0.3) is 22.3 Å². The van der Waals surface area contributed by atoms with Crippen LogP contribution in [0.2, 0.25) is 0 Å². The van der Waals surface area contributed by atoms with Crippen molar-refractivity contribution in [2.24, 2.45) is 0 Å². The molecule has 11 heteroatoms. The number of nitrogen functional groups attached to an aromatic ring is 1. The molecule has 1 aliphatic heterocycles. The zero-order valence-electron chi connectivity index (χ0n) is 21.8. The Balaban J connectivity index is 1.41. The van der Waals surface area contributed by atoms with Crippen LogP contribution < -0.4 is 11.1 Å². The number of anilines is 2. The number of nitrogens with one attached hydrogen (secondary N) is 1. The van der Waals surface area contributed by atoms with Crippen LogP contribution in [0.5, 0.6) is 0 Å². The van der Waals surface area contributed by atoms with Gasteiger partial charge in [-0.15, -0.1) is 0 Å². The second-order valence-corrected chi connectivity index (χ2v) is 10.4. The van der Waals surface area contributed by atoms with Crippen molar-refractivity contribution in [1.82, 2.24) is 29.6 Å². The molecule has 0 bridgehead atoms. The molecule has 3 N–H and O–H groups in total. The monoisotopic (exact) mass is 514 g/mol. The Bertz CT molecular complexity index is 1510. The minimum Gasteiger partial charge on any atom is -0.444 e. The first-order chi connectivity index (χ1) is 18.1. The standard InChI is InChI=1S/C27H30N8O3/c1-16-9-11-29-20(13-16)32-25(36)18-7-5-17(6-8-18)22-21-23(28)30-15-31-24(21)35(33-22)19-10-12-34(14-19)26(37)38-27(2,3)4/h5-9,11,13,15,19H,10,12,14H2,1-4H3,(H2,28,30,31)(H,29,32,36)/t19-/m1/s1. The average molecular weight is 515 g/mol. The molecule has 196 valence electrons. The van der Waals surface area contributed by atoms with E-state index in [9.17, 15) is 9.59 Å². The number of fused-ring (bicyclic) bond motifs is 1. The van der Waals surface area contributed by atoms with Crippen molar-refractivity contribution in [2.75, 3.05) is 24.1 Å². The van der Waals surface area contributed by atoms with E-state index >= 15 is 0 Å². The summed E-state index contributed by atoms with van der Waals surface area (Å²) >= 11 is 0. The molecule has 0 radical (unpaired) electrons. The van der Waals surface area contributed by atoms with Crippen molar-refractivity contribution in [3.63, 3.8) is 0 Å². The molecule has 38 heavy (non-hydrogen) atoms. The number of hydrogen-bond acceptors (Lipinski definition) is 8. The molecular formula is C27H30N8O3. The second-order valence-electron chi connectivity index (χ2n) is 10.4. The highest BCUT2D eigenvalue weighted by atomic mass is 16.6. The van der Waals surface area contributed by atoms with Crippen molar-refractivity contribution in [2.45, 2.75) is 45.8 Å². The lowest BCUT2D eigenvalue weighted by Gasteiger charge is -2.24. The van der Waals surface area contributed by atoms with Gasteiger partial charge in [-0.05, 0) is 63.9 Å². The number of hydrogen-bond donors (Lipinski definition) is 2. The van der Waals surface area contributed by atoms with Crippen LogP contribution in [0.4, 0.5) is 16.4 Å². The number of nitrogens with two attached hydrogens (primary N) is 1. The molecule has 1 fully saturated rings. The van der Waals surface area contributed by atoms with Gasteiger partial charge in [-0.3, -0.25) is 4.79 Å². The van der Waals surface area contributed by atoms with Gasteiger partial charge in [0.25, 0.3) is 5.91 Å². The van der Waals surface area contributed by atoms with Gasteiger partial charge < -0.3 is 20.7 Å². The summed E-state index contributed by atoms with van der Waals surface area (Å²) in [5.74, 6) is 0.539. The number of nitrogens with zero attached hydrogens (tertiary/aromatic N) is 6. The molecule has 2 amide bonds. The lowest BCUT2D eigenvalue weighted by Crippen LogP contribution is -2.35. The van der Waals surface area contributed by atoms with E-state index < -0.39 is 5.60 Å². The number of carbonyl (C=O) groups is 2. The minimum atomic E-state index is -0.567. The number of aryl methyl sites for hydroxylation is 1. The van der Waals surface area contributed by atoms with Crippen LogP contribution >= 0.6 is 0 Å². The summed E-state index contributed by atoms with van der Waals surface area (Å²) in [7, 11) is 0. The summed E-state index contributed by atoms with van der Waals surface area (Å²) in [6, 6.07) is 10.7. The van der Waals surface area contributed by atoms with Crippen molar-refractivity contribution in [3.8, 4) is 11.3 Å². The third-order valence-electron chi connectivity index (χ3n) is 6.26. The number of amides is 2. The number of likely N-dealkylation sites (tertiary alicyclic amines) is 1. The Labute approximate surface area is 220 Å². The van der Waals surface area contributed by atoms with Gasteiger partial charge in [0.1, 0.15) is 29.3 Å². The summed E-state index contributed by atoms with van der Waals surface area (Å²) < 4.78 is 7.35. The van der Waals surface area contributed by atoms with E-state index in [-0.39, 0.29) is 18.0 Å². The highest BCUT2D eigenvalue weighted by Crippen LogP contribution is 2.34. The molecule has 1 atom stereocenters. The lowest BCUT2D eigenvalue weighted by molar-refractivity contribution is 0.0288. The highest BCUT2D eigenvalue weighted by Gasteiger charge is 2.33. The molecule has 4 aromatic rings. The van der Waals surface area contributed by atoms with E-state index in [2.05, 4.69) is 20.3 Å². The van der Waals surface area contributed by atoms with Crippen LogP contribution in [0.1, 0.15) is 49.2 Å². The van der Waals surface area contributed by atoms with Gasteiger partial charge >= 0.3 is 6.09 Å². The maximum absolute atomic E-state index is 12.7. The van der Waals surface area contributed by atoms with Crippen LogP contribution in [-0.2, 0) is 4.74 Å². The molecule has 1 aliphatic rings. The molecule has 4 heterocycles. The van der Waals surface area contributed by atoms with E-state index in [0.717, 1.165) is 11.1 Å². The SMILES string of the molecule is Cc1ccnc(NC(=O)c2ccc(-c3nn([C@@H]4CCN(C(=O)OC(C)(C)C)C4)c4ncnc(N)c34)cc2)c1. The first kappa shape index (κ1) is 25.1. The molecule has 0 aliphatic carbocycles. The zero-order valence-corrected chi connectivity index (χ0v) is 21.8. The van der Waals surface area contributed by atoms with E-state index in [1.165, 1.54) is 6.33 Å². The van der Waals surface area contributed by atoms with Crippen molar-refractivity contribution >= 4 is 34.7 Å². The summed E-state index contributed by atoms with van der Waals surface area (Å²) in [6.45, 7) is 8.47. The van der Waals surface area contributed by atoms with Crippen LogP contribution in [0.15, 0.2) is 48.9 Å².